The zero-order chi connectivity index (χ0) is 15.3. The lowest BCUT2D eigenvalue weighted by molar-refractivity contribution is -0.386. The molecule has 0 amide bonds. The molecule has 4 N–H and O–H groups in total. The molecule has 1 rings (SSSR count). The predicted octanol–water partition coefficient (Wildman–Crippen LogP) is 0.910. The molecule has 0 aliphatic rings. The highest BCUT2D eigenvalue weighted by Gasteiger charge is 2.29. The largest absolute Gasteiger partial charge is 0.318 e. The van der Waals surface area contributed by atoms with Crippen molar-refractivity contribution in [3.05, 3.63) is 28.3 Å². The molecule has 0 bridgehead atoms. The SMILES string of the molecule is CSCC(C)NS(=O)(=O)c1cccc(NN)c1[N+](=O)[O-]. The third-order valence-corrected chi connectivity index (χ3v) is 4.85. The van der Waals surface area contributed by atoms with Crippen molar-refractivity contribution in [2.24, 2.45) is 5.84 Å². The van der Waals surface area contributed by atoms with Crippen molar-refractivity contribution in [2.45, 2.75) is 17.9 Å². The molecule has 0 aliphatic heterocycles. The summed E-state index contributed by atoms with van der Waals surface area (Å²) in [4.78, 5) is 9.89. The van der Waals surface area contributed by atoms with Crippen LogP contribution in [0.15, 0.2) is 23.1 Å². The first-order valence-corrected chi connectivity index (χ1v) is 8.46. The van der Waals surface area contributed by atoms with Crippen LogP contribution < -0.4 is 16.0 Å². The van der Waals surface area contributed by atoms with E-state index in [9.17, 15) is 18.5 Å². The molecule has 1 atom stereocenters. The number of hydrogen-bond donors (Lipinski definition) is 3. The number of nitro groups is 1. The van der Waals surface area contributed by atoms with Gasteiger partial charge in [-0.2, -0.15) is 11.8 Å². The smallest absolute Gasteiger partial charge is 0.313 e. The number of rotatable bonds is 7. The highest BCUT2D eigenvalue weighted by Crippen LogP contribution is 2.31. The van der Waals surface area contributed by atoms with Gasteiger partial charge in [0, 0.05) is 11.8 Å². The Morgan fingerprint density at radius 1 is 1.50 bits per heavy atom. The van der Waals surface area contributed by atoms with Crippen LogP contribution in [-0.2, 0) is 10.0 Å². The highest BCUT2D eigenvalue weighted by molar-refractivity contribution is 7.98. The van der Waals surface area contributed by atoms with Crippen LogP contribution in [0.1, 0.15) is 6.92 Å². The molecule has 1 unspecified atom stereocenters. The molecule has 0 spiro atoms. The molecular weight excluding hydrogens is 304 g/mol. The van der Waals surface area contributed by atoms with E-state index >= 15 is 0 Å². The summed E-state index contributed by atoms with van der Waals surface area (Å²) in [6.45, 7) is 1.69. The van der Waals surface area contributed by atoms with Crippen molar-refractivity contribution < 1.29 is 13.3 Å². The number of benzene rings is 1. The minimum absolute atomic E-state index is 0.0598. The Bertz CT molecular complexity index is 591. The van der Waals surface area contributed by atoms with Crippen LogP contribution in [0.25, 0.3) is 0 Å². The topological polar surface area (TPSA) is 127 Å². The quantitative estimate of drug-likeness (QED) is 0.387. The lowest BCUT2D eigenvalue weighted by atomic mass is 10.3. The number of hydrazine groups is 1. The lowest BCUT2D eigenvalue weighted by Crippen LogP contribution is -2.34. The van der Waals surface area contributed by atoms with E-state index in [1.54, 1.807) is 6.92 Å². The molecule has 0 fully saturated rings. The van der Waals surface area contributed by atoms with Gasteiger partial charge in [0.15, 0.2) is 4.90 Å². The number of anilines is 1. The second-order valence-corrected chi connectivity index (χ2v) is 6.62. The molecule has 0 aromatic heterocycles. The average molecular weight is 320 g/mol. The molecule has 8 nitrogen and oxygen atoms in total. The number of nitrogens with zero attached hydrogens (tertiary/aromatic N) is 1. The van der Waals surface area contributed by atoms with Crippen molar-refractivity contribution >= 4 is 33.2 Å². The van der Waals surface area contributed by atoms with E-state index in [4.69, 9.17) is 5.84 Å². The standard InChI is InChI=1S/C10H16N4O4S2/c1-7(6-19-2)13-20(17,18)9-5-3-4-8(12-11)10(9)14(15)16/h3-5,7,12-13H,6,11H2,1-2H3. The van der Waals surface area contributed by atoms with Gasteiger partial charge in [-0.3, -0.25) is 16.0 Å². The Kier molecular flexibility index (Phi) is 5.74. The van der Waals surface area contributed by atoms with Gasteiger partial charge in [0.25, 0.3) is 0 Å². The van der Waals surface area contributed by atoms with Crippen LogP contribution in [0.2, 0.25) is 0 Å². The Labute approximate surface area is 121 Å². The third kappa shape index (κ3) is 3.82. The summed E-state index contributed by atoms with van der Waals surface area (Å²) in [7, 11) is -3.99. The summed E-state index contributed by atoms with van der Waals surface area (Å²) in [5.74, 6) is 5.73. The van der Waals surface area contributed by atoms with Crippen LogP contribution in [-0.4, -0.2) is 31.4 Å². The van der Waals surface area contributed by atoms with Gasteiger partial charge < -0.3 is 5.43 Å². The summed E-state index contributed by atoms with van der Waals surface area (Å²) in [6.07, 6.45) is 1.84. The van der Waals surface area contributed by atoms with Crippen molar-refractivity contribution in [3.63, 3.8) is 0 Å². The van der Waals surface area contributed by atoms with Crippen LogP contribution in [0, 0.1) is 10.1 Å². The van der Waals surface area contributed by atoms with Gasteiger partial charge in [-0.25, -0.2) is 13.1 Å². The van der Waals surface area contributed by atoms with Gasteiger partial charge in [0.1, 0.15) is 5.69 Å². The van der Waals surface area contributed by atoms with Crippen LogP contribution in [0.5, 0.6) is 0 Å². The molecule has 1 aromatic carbocycles. The monoisotopic (exact) mass is 320 g/mol. The number of hydrogen-bond acceptors (Lipinski definition) is 7. The van der Waals surface area contributed by atoms with Gasteiger partial charge >= 0.3 is 5.69 Å². The number of nitrogens with two attached hydrogens (primary N) is 1. The number of nitrogens with one attached hydrogen (secondary N) is 2. The van der Waals surface area contributed by atoms with Gasteiger partial charge in [-0.15, -0.1) is 0 Å². The highest BCUT2D eigenvalue weighted by atomic mass is 32.2. The van der Waals surface area contributed by atoms with E-state index in [-0.39, 0.29) is 11.7 Å². The molecule has 1 aromatic rings. The third-order valence-electron chi connectivity index (χ3n) is 2.40. The number of nitrogen functional groups attached to an aromatic ring is 1. The number of para-hydroxylation sites is 1. The van der Waals surface area contributed by atoms with E-state index < -0.39 is 25.5 Å². The fourth-order valence-corrected chi connectivity index (χ4v) is 3.78. The van der Waals surface area contributed by atoms with Gasteiger partial charge in [-0.05, 0) is 25.3 Å². The Morgan fingerprint density at radius 2 is 2.15 bits per heavy atom. The first kappa shape index (κ1) is 16.7. The summed E-state index contributed by atoms with van der Waals surface area (Å²) in [5.41, 5.74) is 1.50. The van der Waals surface area contributed by atoms with Crippen LogP contribution >= 0.6 is 11.8 Å². The molecule has 0 saturated carbocycles. The number of nitro benzene ring substituents is 1. The number of sulfonamides is 1. The first-order valence-electron chi connectivity index (χ1n) is 5.58. The summed E-state index contributed by atoms with van der Waals surface area (Å²) >= 11 is 1.47. The maximum Gasteiger partial charge on any atom is 0.313 e. The fraction of sp³-hybridized carbons (Fsp3) is 0.400. The molecule has 20 heavy (non-hydrogen) atoms. The van der Waals surface area contributed by atoms with Crippen molar-refractivity contribution in [3.8, 4) is 0 Å². The van der Waals surface area contributed by atoms with E-state index in [0.717, 1.165) is 0 Å². The Hall–Kier alpha value is -1.36. The fourth-order valence-electron chi connectivity index (χ4n) is 1.66. The van der Waals surface area contributed by atoms with E-state index in [0.29, 0.717) is 5.75 Å². The van der Waals surface area contributed by atoms with Crippen molar-refractivity contribution in [1.29, 1.82) is 0 Å². The molecule has 0 heterocycles. The van der Waals surface area contributed by atoms with E-state index in [1.165, 1.54) is 30.0 Å². The van der Waals surface area contributed by atoms with Crippen molar-refractivity contribution in [2.75, 3.05) is 17.4 Å². The lowest BCUT2D eigenvalue weighted by Gasteiger charge is -2.14. The molecule has 0 aliphatic carbocycles. The Balaban J connectivity index is 3.28. The second-order valence-electron chi connectivity index (χ2n) is 4.03. The predicted molar refractivity (Wildman–Crippen MR) is 79.1 cm³/mol. The normalized spacial score (nSPS) is 12.9. The molecule has 0 radical (unpaired) electrons. The van der Waals surface area contributed by atoms with Crippen molar-refractivity contribution in [1.82, 2.24) is 4.72 Å². The maximum absolute atomic E-state index is 12.2. The van der Waals surface area contributed by atoms with Gasteiger partial charge in [-0.1, -0.05) is 6.07 Å². The molecule has 0 saturated heterocycles. The number of thioether (sulfide) groups is 1. The average Bonchev–Trinajstić information content (AvgIpc) is 2.37. The summed E-state index contributed by atoms with van der Waals surface area (Å²) in [6, 6.07) is 3.55. The summed E-state index contributed by atoms with van der Waals surface area (Å²) < 4.78 is 26.8. The van der Waals surface area contributed by atoms with Crippen LogP contribution in [0.3, 0.4) is 0 Å². The van der Waals surface area contributed by atoms with E-state index in [1.807, 2.05) is 6.26 Å². The maximum atomic E-state index is 12.2. The first-order chi connectivity index (χ1) is 9.33. The summed E-state index contributed by atoms with van der Waals surface area (Å²) in [5, 5.41) is 11.1. The molecule has 112 valence electrons. The zero-order valence-corrected chi connectivity index (χ0v) is 12.6. The van der Waals surface area contributed by atoms with E-state index in [2.05, 4.69) is 10.1 Å². The molecule has 10 heteroatoms. The molecular formula is C10H16N4O4S2. The minimum Gasteiger partial charge on any atom is -0.318 e. The zero-order valence-electron chi connectivity index (χ0n) is 11.0. The van der Waals surface area contributed by atoms with Crippen LogP contribution in [0.4, 0.5) is 11.4 Å². The van der Waals surface area contributed by atoms with Gasteiger partial charge in [0.05, 0.1) is 4.92 Å². The van der Waals surface area contributed by atoms with Gasteiger partial charge in [0.2, 0.25) is 10.0 Å². The minimum atomic E-state index is -3.99. The second kappa shape index (κ2) is 6.88. The Morgan fingerprint density at radius 3 is 2.65 bits per heavy atom.